The molecule has 5 heteroatoms. The standard InChI is InChI=1S/C14H16N2O2S/c1-9-4-5-12(11(6-9)14(17)18-3)15-7-13-10(2)16-8-19-13/h4-6,8,15H,7H2,1-3H3. The number of nitrogens with one attached hydrogen (secondary N) is 1. The number of hydrogen-bond acceptors (Lipinski definition) is 5. The van der Waals surface area contributed by atoms with Crippen LogP contribution in [-0.4, -0.2) is 18.1 Å². The van der Waals surface area contributed by atoms with Crippen molar-refractivity contribution in [1.82, 2.24) is 4.98 Å². The zero-order valence-electron chi connectivity index (χ0n) is 11.2. The summed E-state index contributed by atoms with van der Waals surface area (Å²) in [6.45, 7) is 4.58. The number of anilines is 1. The Kier molecular flexibility index (Phi) is 4.16. The second-order valence-corrected chi connectivity index (χ2v) is 5.19. The van der Waals surface area contributed by atoms with E-state index >= 15 is 0 Å². The molecule has 0 unspecified atom stereocenters. The van der Waals surface area contributed by atoms with E-state index < -0.39 is 0 Å². The van der Waals surface area contributed by atoms with Gasteiger partial charge in [0.15, 0.2) is 0 Å². The van der Waals surface area contributed by atoms with Crippen molar-refractivity contribution in [3.63, 3.8) is 0 Å². The summed E-state index contributed by atoms with van der Waals surface area (Å²) in [4.78, 5) is 17.1. The number of methoxy groups -OCH3 is 1. The molecule has 0 atom stereocenters. The number of rotatable bonds is 4. The van der Waals surface area contributed by atoms with Gasteiger partial charge in [-0.15, -0.1) is 11.3 Å². The molecule has 0 spiro atoms. The molecule has 0 aliphatic carbocycles. The third kappa shape index (κ3) is 3.12. The van der Waals surface area contributed by atoms with Crippen LogP contribution in [0.1, 0.15) is 26.5 Å². The number of carbonyl (C=O) groups excluding carboxylic acids is 1. The topological polar surface area (TPSA) is 51.2 Å². The number of aryl methyl sites for hydroxylation is 2. The Labute approximate surface area is 116 Å². The summed E-state index contributed by atoms with van der Waals surface area (Å²) in [5.41, 5.74) is 5.21. The number of carbonyl (C=O) groups is 1. The summed E-state index contributed by atoms with van der Waals surface area (Å²) in [5, 5.41) is 3.27. The van der Waals surface area contributed by atoms with Crippen molar-refractivity contribution in [2.24, 2.45) is 0 Å². The molecule has 0 radical (unpaired) electrons. The van der Waals surface area contributed by atoms with Gasteiger partial charge in [-0.25, -0.2) is 9.78 Å². The maximum Gasteiger partial charge on any atom is 0.339 e. The van der Waals surface area contributed by atoms with E-state index in [0.29, 0.717) is 12.1 Å². The zero-order valence-corrected chi connectivity index (χ0v) is 12.0. The minimum Gasteiger partial charge on any atom is -0.465 e. The van der Waals surface area contributed by atoms with Crippen LogP contribution in [-0.2, 0) is 11.3 Å². The predicted molar refractivity (Wildman–Crippen MR) is 76.7 cm³/mol. The first-order chi connectivity index (χ1) is 9.11. The van der Waals surface area contributed by atoms with Crippen LogP contribution in [0, 0.1) is 13.8 Å². The zero-order chi connectivity index (χ0) is 13.8. The summed E-state index contributed by atoms with van der Waals surface area (Å²) < 4.78 is 4.80. The molecule has 19 heavy (non-hydrogen) atoms. The van der Waals surface area contributed by atoms with E-state index in [1.807, 2.05) is 37.6 Å². The summed E-state index contributed by atoms with van der Waals surface area (Å²) >= 11 is 1.60. The third-order valence-corrected chi connectivity index (χ3v) is 3.80. The largest absolute Gasteiger partial charge is 0.465 e. The van der Waals surface area contributed by atoms with Gasteiger partial charge in [-0.1, -0.05) is 11.6 Å². The molecule has 0 bridgehead atoms. The highest BCUT2D eigenvalue weighted by atomic mass is 32.1. The summed E-state index contributed by atoms with van der Waals surface area (Å²) in [5.74, 6) is -0.327. The van der Waals surface area contributed by atoms with Gasteiger partial charge < -0.3 is 10.1 Å². The van der Waals surface area contributed by atoms with Gasteiger partial charge >= 0.3 is 5.97 Å². The number of aromatic nitrogens is 1. The third-order valence-electron chi connectivity index (χ3n) is 2.86. The molecule has 2 rings (SSSR count). The van der Waals surface area contributed by atoms with Gasteiger partial charge in [-0.3, -0.25) is 0 Å². The van der Waals surface area contributed by atoms with Crippen molar-refractivity contribution in [3.8, 4) is 0 Å². The van der Waals surface area contributed by atoms with Gasteiger partial charge in [-0.05, 0) is 26.0 Å². The van der Waals surface area contributed by atoms with Crippen molar-refractivity contribution < 1.29 is 9.53 Å². The number of benzene rings is 1. The number of hydrogen-bond donors (Lipinski definition) is 1. The van der Waals surface area contributed by atoms with E-state index in [2.05, 4.69) is 10.3 Å². The monoisotopic (exact) mass is 276 g/mol. The van der Waals surface area contributed by atoms with Crippen LogP contribution >= 0.6 is 11.3 Å². The van der Waals surface area contributed by atoms with Gasteiger partial charge in [0.1, 0.15) is 0 Å². The summed E-state index contributed by atoms with van der Waals surface area (Å²) in [7, 11) is 1.39. The molecular formula is C14H16N2O2S. The van der Waals surface area contributed by atoms with Crippen molar-refractivity contribution in [2.45, 2.75) is 20.4 Å². The van der Waals surface area contributed by atoms with Crippen LogP contribution in [0.2, 0.25) is 0 Å². The molecule has 0 fully saturated rings. The Morgan fingerprint density at radius 2 is 2.21 bits per heavy atom. The van der Waals surface area contributed by atoms with Gasteiger partial charge in [-0.2, -0.15) is 0 Å². The van der Waals surface area contributed by atoms with Crippen LogP contribution in [0.5, 0.6) is 0 Å². The molecule has 0 aliphatic rings. The van der Waals surface area contributed by atoms with Gasteiger partial charge in [0.05, 0.1) is 30.4 Å². The Bertz CT molecular complexity index is 593. The van der Waals surface area contributed by atoms with Gasteiger partial charge in [0.25, 0.3) is 0 Å². The number of thiazole rings is 1. The Hall–Kier alpha value is -1.88. The SMILES string of the molecule is COC(=O)c1cc(C)ccc1NCc1scnc1C. The van der Waals surface area contributed by atoms with E-state index in [0.717, 1.165) is 21.8 Å². The first kappa shape index (κ1) is 13.5. The fraction of sp³-hybridized carbons (Fsp3) is 0.286. The molecule has 1 aromatic heterocycles. The van der Waals surface area contributed by atoms with Crippen LogP contribution in [0.3, 0.4) is 0 Å². The fourth-order valence-corrected chi connectivity index (χ4v) is 2.48. The van der Waals surface area contributed by atoms with Gasteiger partial charge in [0, 0.05) is 10.6 Å². The molecule has 100 valence electrons. The Balaban J connectivity index is 2.20. The lowest BCUT2D eigenvalue weighted by molar-refractivity contribution is 0.0601. The average molecular weight is 276 g/mol. The molecular weight excluding hydrogens is 260 g/mol. The first-order valence-corrected chi connectivity index (χ1v) is 6.81. The first-order valence-electron chi connectivity index (χ1n) is 5.93. The van der Waals surface area contributed by atoms with Crippen LogP contribution in [0.4, 0.5) is 5.69 Å². The number of ether oxygens (including phenoxy) is 1. The molecule has 1 aromatic carbocycles. The highest BCUT2D eigenvalue weighted by Crippen LogP contribution is 2.21. The highest BCUT2D eigenvalue weighted by Gasteiger charge is 2.12. The minimum atomic E-state index is -0.327. The lowest BCUT2D eigenvalue weighted by Crippen LogP contribution is -2.08. The van der Waals surface area contributed by atoms with Crippen LogP contribution in [0.25, 0.3) is 0 Å². The molecule has 4 nitrogen and oxygen atoms in total. The van der Waals surface area contributed by atoms with E-state index in [-0.39, 0.29) is 5.97 Å². The lowest BCUT2D eigenvalue weighted by Gasteiger charge is -2.11. The number of esters is 1. The van der Waals surface area contributed by atoms with Crippen molar-refractivity contribution in [1.29, 1.82) is 0 Å². The molecule has 1 heterocycles. The normalized spacial score (nSPS) is 10.3. The van der Waals surface area contributed by atoms with Gasteiger partial charge in [0.2, 0.25) is 0 Å². The van der Waals surface area contributed by atoms with E-state index in [1.54, 1.807) is 11.3 Å². The fourth-order valence-electron chi connectivity index (χ4n) is 1.76. The van der Waals surface area contributed by atoms with E-state index in [1.165, 1.54) is 7.11 Å². The lowest BCUT2D eigenvalue weighted by atomic mass is 10.1. The van der Waals surface area contributed by atoms with Crippen LogP contribution in [0.15, 0.2) is 23.7 Å². The van der Waals surface area contributed by atoms with E-state index in [9.17, 15) is 4.79 Å². The highest BCUT2D eigenvalue weighted by molar-refractivity contribution is 7.09. The molecule has 0 aliphatic heterocycles. The Morgan fingerprint density at radius 3 is 2.84 bits per heavy atom. The Morgan fingerprint density at radius 1 is 1.42 bits per heavy atom. The predicted octanol–water partition coefficient (Wildman–Crippen LogP) is 3.16. The van der Waals surface area contributed by atoms with Crippen molar-refractivity contribution >= 4 is 23.0 Å². The molecule has 0 saturated heterocycles. The van der Waals surface area contributed by atoms with Crippen LogP contribution < -0.4 is 5.32 Å². The maximum absolute atomic E-state index is 11.7. The maximum atomic E-state index is 11.7. The second kappa shape index (κ2) is 5.84. The van der Waals surface area contributed by atoms with Crippen molar-refractivity contribution in [3.05, 3.63) is 45.4 Å². The van der Waals surface area contributed by atoms with Crippen molar-refractivity contribution in [2.75, 3.05) is 12.4 Å². The second-order valence-electron chi connectivity index (χ2n) is 4.26. The minimum absolute atomic E-state index is 0.327. The summed E-state index contributed by atoms with van der Waals surface area (Å²) in [6, 6.07) is 5.69. The molecule has 0 saturated carbocycles. The average Bonchev–Trinajstić information content (AvgIpc) is 2.82. The number of nitrogens with zero attached hydrogens (tertiary/aromatic N) is 1. The molecule has 2 aromatic rings. The summed E-state index contributed by atoms with van der Waals surface area (Å²) in [6.07, 6.45) is 0. The quantitative estimate of drug-likeness (QED) is 0.872. The smallest absolute Gasteiger partial charge is 0.339 e. The van der Waals surface area contributed by atoms with E-state index in [4.69, 9.17) is 4.74 Å². The molecule has 1 N–H and O–H groups in total. The molecule has 0 amide bonds.